The monoisotopic (exact) mass is 332 g/mol. The summed E-state index contributed by atoms with van der Waals surface area (Å²) < 4.78 is 14.7. The van der Waals surface area contributed by atoms with Crippen molar-refractivity contribution in [2.75, 3.05) is 20.6 Å². The third-order valence-electron chi connectivity index (χ3n) is 3.54. The fourth-order valence-electron chi connectivity index (χ4n) is 2.10. The van der Waals surface area contributed by atoms with Gasteiger partial charge in [-0.2, -0.15) is 5.10 Å². The van der Waals surface area contributed by atoms with Crippen LogP contribution in [0.3, 0.4) is 0 Å². The van der Waals surface area contributed by atoms with Crippen LogP contribution in [0.25, 0.3) is 11.1 Å². The van der Waals surface area contributed by atoms with Crippen molar-refractivity contribution in [1.29, 1.82) is 0 Å². The van der Waals surface area contributed by atoms with E-state index in [0.29, 0.717) is 19.4 Å². The lowest BCUT2D eigenvalue weighted by atomic mass is 10.1. The molecule has 24 heavy (non-hydrogen) atoms. The number of benzene rings is 1. The van der Waals surface area contributed by atoms with Crippen molar-refractivity contribution >= 4 is 11.8 Å². The number of hydrogen-bond acceptors (Lipinski definition) is 3. The Labute approximate surface area is 140 Å². The number of nitrogens with zero attached hydrogens (tertiary/aromatic N) is 3. The first-order valence-corrected chi connectivity index (χ1v) is 7.71. The van der Waals surface area contributed by atoms with Gasteiger partial charge in [0.15, 0.2) is 0 Å². The van der Waals surface area contributed by atoms with E-state index in [0.717, 1.165) is 11.1 Å². The molecule has 0 bridgehead atoms. The molecule has 1 N–H and O–H groups in total. The summed E-state index contributed by atoms with van der Waals surface area (Å²) in [7, 11) is 3.29. The number of carbonyl (C=O) groups excluding carboxylic acids is 2. The highest BCUT2D eigenvalue weighted by molar-refractivity contribution is 5.84. The second-order valence-corrected chi connectivity index (χ2v) is 5.67. The van der Waals surface area contributed by atoms with E-state index < -0.39 is 0 Å². The fourth-order valence-corrected chi connectivity index (χ4v) is 2.10. The molecule has 0 saturated heterocycles. The standard InChI is InChI=1S/C17H21FN4O2/c1-21(2)17(24)11-19-16(23)4-3-9-22-12-14(10-20-22)13-5-7-15(18)8-6-13/h5-8,10,12H,3-4,9,11H2,1-2H3,(H,19,23). The molecule has 2 aromatic rings. The van der Waals surface area contributed by atoms with Crippen LogP contribution in [0, 0.1) is 5.82 Å². The van der Waals surface area contributed by atoms with Gasteiger partial charge in [0.05, 0.1) is 12.7 Å². The van der Waals surface area contributed by atoms with E-state index in [4.69, 9.17) is 0 Å². The first-order valence-electron chi connectivity index (χ1n) is 7.71. The molecule has 0 radical (unpaired) electrons. The topological polar surface area (TPSA) is 67.2 Å². The Morgan fingerprint density at radius 3 is 2.58 bits per heavy atom. The van der Waals surface area contributed by atoms with Gasteiger partial charge in [-0.05, 0) is 24.1 Å². The van der Waals surface area contributed by atoms with E-state index in [1.165, 1.54) is 17.0 Å². The molecule has 0 aliphatic rings. The molecule has 1 aromatic carbocycles. The predicted molar refractivity (Wildman–Crippen MR) is 88.6 cm³/mol. The van der Waals surface area contributed by atoms with Crippen LogP contribution in [-0.4, -0.2) is 47.1 Å². The average Bonchev–Trinajstić information content (AvgIpc) is 3.02. The summed E-state index contributed by atoms with van der Waals surface area (Å²) in [4.78, 5) is 24.5. The van der Waals surface area contributed by atoms with Crippen LogP contribution in [0.5, 0.6) is 0 Å². The Bertz CT molecular complexity index is 695. The Hall–Kier alpha value is -2.70. The lowest BCUT2D eigenvalue weighted by Gasteiger charge is -2.10. The highest BCUT2D eigenvalue weighted by atomic mass is 19.1. The van der Waals surface area contributed by atoms with Crippen molar-refractivity contribution < 1.29 is 14.0 Å². The van der Waals surface area contributed by atoms with Gasteiger partial charge in [-0.3, -0.25) is 14.3 Å². The molecule has 0 spiro atoms. The third-order valence-corrected chi connectivity index (χ3v) is 3.54. The van der Waals surface area contributed by atoms with E-state index in [1.54, 1.807) is 37.1 Å². The minimum atomic E-state index is -0.273. The van der Waals surface area contributed by atoms with Crippen molar-refractivity contribution in [3.05, 3.63) is 42.5 Å². The van der Waals surface area contributed by atoms with Crippen LogP contribution in [0.15, 0.2) is 36.7 Å². The Morgan fingerprint density at radius 1 is 1.21 bits per heavy atom. The highest BCUT2D eigenvalue weighted by Gasteiger charge is 2.07. The summed E-state index contributed by atoms with van der Waals surface area (Å²) in [5, 5.41) is 6.83. The second-order valence-electron chi connectivity index (χ2n) is 5.67. The van der Waals surface area contributed by atoms with Crippen molar-refractivity contribution in [3.8, 4) is 11.1 Å². The molecule has 2 rings (SSSR count). The van der Waals surface area contributed by atoms with E-state index in [2.05, 4.69) is 10.4 Å². The number of likely N-dealkylation sites (N-methyl/N-ethyl adjacent to an activating group) is 1. The summed E-state index contributed by atoms with van der Waals surface area (Å²) in [5.74, 6) is -0.569. The maximum absolute atomic E-state index is 12.9. The van der Waals surface area contributed by atoms with Crippen molar-refractivity contribution in [2.24, 2.45) is 0 Å². The van der Waals surface area contributed by atoms with Crippen LogP contribution in [-0.2, 0) is 16.1 Å². The number of rotatable bonds is 7. The van der Waals surface area contributed by atoms with E-state index in [9.17, 15) is 14.0 Å². The van der Waals surface area contributed by atoms with Crippen LogP contribution < -0.4 is 5.32 Å². The fraction of sp³-hybridized carbons (Fsp3) is 0.353. The number of nitrogens with one attached hydrogen (secondary N) is 1. The number of amides is 2. The van der Waals surface area contributed by atoms with Gasteiger partial charge in [0.2, 0.25) is 11.8 Å². The van der Waals surface area contributed by atoms with Crippen molar-refractivity contribution in [3.63, 3.8) is 0 Å². The van der Waals surface area contributed by atoms with Crippen molar-refractivity contribution in [2.45, 2.75) is 19.4 Å². The molecule has 0 fully saturated rings. The van der Waals surface area contributed by atoms with Crippen LogP contribution >= 0.6 is 0 Å². The Balaban J connectivity index is 1.76. The summed E-state index contributed by atoms with van der Waals surface area (Å²) in [6.07, 6.45) is 4.52. The molecular weight excluding hydrogens is 311 g/mol. The number of aryl methyl sites for hydroxylation is 1. The highest BCUT2D eigenvalue weighted by Crippen LogP contribution is 2.18. The molecule has 7 heteroatoms. The minimum Gasteiger partial charge on any atom is -0.347 e. The van der Waals surface area contributed by atoms with Gasteiger partial charge in [0.1, 0.15) is 5.82 Å². The minimum absolute atomic E-state index is 0.0162. The van der Waals surface area contributed by atoms with Crippen molar-refractivity contribution in [1.82, 2.24) is 20.0 Å². The molecule has 6 nitrogen and oxygen atoms in total. The Morgan fingerprint density at radius 2 is 1.92 bits per heavy atom. The lowest BCUT2D eigenvalue weighted by Crippen LogP contribution is -2.36. The van der Waals surface area contributed by atoms with Crippen LogP contribution in [0.2, 0.25) is 0 Å². The SMILES string of the molecule is CN(C)C(=O)CNC(=O)CCCn1cc(-c2ccc(F)cc2)cn1. The maximum Gasteiger partial charge on any atom is 0.241 e. The van der Waals surface area contributed by atoms with Gasteiger partial charge in [-0.25, -0.2) is 4.39 Å². The number of hydrogen-bond donors (Lipinski definition) is 1. The van der Waals surface area contributed by atoms with Gasteiger partial charge in [0.25, 0.3) is 0 Å². The summed E-state index contributed by atoms with van der Waals surface area (Å²) in [6, 6.07) is 6.22. The molecule has 0 aliphatic carbocycles. The van der Waals surface area contributed by atoms with E-state index in [1.807, 2.05) is 6.20 Å². The normalized spacial score (nSPS) is 10.5. The first-order chi connectivity index (χ1) is 11.5. The third kappa shape index (κ3) is 5.19. The largest absolute Gasteiger partial charge is 0.347 e. The zero-order valence-electron chi connectivity index (χ0n) is 13.8. The molecule has 1 aromatic heterocycles. The van der Waals surface area contributed by atoms with Crippen LogP contribution in [0.4, 0.5) is 4.39 Å². The molecule has 2 amide bonds. The average molecular weight is 332 g/mol. The summed E-state index contributed by atoms with van der Waals surface area (Å²) in [6.45, 7) is 0.610. The molecule has 0 unspecified atom stereocenters. The summed E-state index contributed by atoms with van der Waals surface area (Å²) >= 11 is 0. The van der Waals surface area contributed by atoms with Gasteiger partial charge < -0.3 is 10.2 Å². The molecule has 0 saturated carbocycles. The smallest absolute Gasteiger partial charge is 0.241 e. The molecular formula is C17H21FN4O2. The second kappa shape index (κ2) is 8.24. The zero-order valence-corrected chi connectivity index (χ0v) is 13.8. The number of aromatic nitrogens is 2. The molecule has 0 aliphatic heterocycles. The quantitative estimate of drug-likeness (QED) is 0.839. The molecule has 128 valence electrons. The molecule has 0 atom stereocenters. The number of carbonyl (C=O) groups is 2. The van der Waals surface area contributed by atoms with E-state index >= 15 is 0 Å². The van der Waals surface area contributed by atoms with Crippen LogP contribution in [0.1, 0.15) is 12.8 Å². The molecule has 1 heterocycles. The first kappa shape index (κ1) is 17.7. The summed E-state index contributed by atoms with van der Waals surface area (Å²) in [5.41, 5.74) is 1.79. The lowest BCUT2D eigenvalue weighted by molar-refractivity contribution is -0.130. The number of halogens is 1. The van der Waals surface area contributed by atoms with Gasteiger partial charge >= 0.3 is 0 Å². The van der Waals surface area contributed by atoms with Gasteiger partial charge in [0, 0.05) is 38.8 Å². The maximum atomic E-state index is 12.9. The Kier molecular flexibility index (Phi) is 6.06. The van der Waals surface area contributed by atoms with E-state index in [-0.39, 0.29) is 24.2 Å². The van der Waals surface area contributed by atoms with Gasteiger partial charge in [-0.15, -0.1) is 0 Å². The zero-order chi connectivity index (χ0) is 17.5. The van der Waals surface area contributed by atoms with Gasteiger partial charge in [-0.1, -0.05) is 12.1 Å². The predicted octanol–water partition coefficient (Wildman–Crippen LogP) is 1.67.